The molecule has 0 radical (unpaired) electrons. The lowest BCUT2D eigenvalue weighted by molar-refractivity contribution is 0.731. The van der Waals surface area contributed by atoms with Gasteiger partial charge in [0.05, 0.1) is 0 Å². The van der Waals surface area contributed by atoms with Crippen LogP contribution in [-0.4, -0.2) is 18.3 Å². The summed E-state index contributed by atoms with van der Waals surface area (Å²) >= 11 is 2.02. The maximum Gasteiger partial charge on any atom is 0.0387 e. The molecule has 0 fully saturated rings. The van der Waals surface area contributed by atoms with Gasteiger partial charge >= 0.3 is 0 Å². The predicted octanol–water partition coefficient (Wildman–Crippen LogP) is 4.20. The van der Waals surface area contributed by atoms with Gasteiger partial charge in [0.2, 0.25) is 0 Å². The van der Waals surface area contributed by atoms with Gasteiger partial charge in [0.15, 0.2) is 0 Å². The molecule has 3 heteroatoms. The molecule has 2 aromatic carbocycles. The molecule has 0 aromatic heterocycles. The van der Waals surface area contributed by atoms with Gasteiger partial charge in [-0.1, -0.05) is 31.2 Å². The second kappa shape index (κ2) is 6.44. The molecule has 0 amide bonds. The van der Waals surface area contributed by atoms with E-state index in [4.69, 9.17) is 5.73 Å². The van der Waals surface area contributed by atoms with Crippen LogP contribution >= 0.6 is 11.8 Å². The Morgan fingerprint density at radius 3 is 2.81 bits per heavy atom. The van der Waals surface area contributed by atoms with Gasteiger partial charge in [-0.05, 0) is 42.7 Å². The van der Waals surface area contributed by atoms with Crippen LogP contribution in [-0.2, 0) is 6.42 Å². The lowest BCUT2D eigenvalue weighted by Gasteiger charge is -2.27. The third kappa shape index (κ3) is 3.35. The number of anilines is 2. The maximum absolute atomic E-state index is 5.94. The minimum absolute atomic E-state index is 0.635. The van der Waals surface area contributed by atoms with Crippen molar-refractivity contribution in [2.24, 2.45) is 0 Å². The first-order valence-corrected chi connectivity index (χ1v) is 8.49. The number of hydrogen-bond donors (Lipinski definition) is 1. The van der Waals surface area contributed by atoms with Crippen molar-refractivity contribution in [1.82, 2.24) is 0 Å². The van der Waals surface area contributed by atoms with Crippen LogP contribution in [0.15, 0.2) is 53.4 Å². The largest absolute Gasteiger partial charge is 0.399 e. The summed E-state index contributed by atoms with van der Waals surface area (Å²) in [5, 5.41) is 0.635. The highest BCUT2D eigenvalue weighted by atomic mass is 32.2. The molecule has 0 spiro atoms. The van der Waals surface area contributed by atoms with Gasteiger partial charge in [-0.2, -0.15) is 0 Å². The Bertz CT molecular complexity index is 587. The topological polar surface area (TPSA) is 29.3 Å². The zero-order valence-electron chi connectivity index (χ0n) is 12.5. The van der Waals surface area contributed by atoms with Gasteiger partial charge in [-0.25, -0.2) is 0 Å². The van der Waals surface area contributed by atoms with Crippen LogP contribution < -0.4 is 10.6 Å². The number of benzene rings is 2. The van der Waals surface area contributed by atoms with Crippen molar-refractivity contribution in [3.8, 4) is 0 Å². The van der Waals surface area contributed by atoms with E-state index < -0.39 is 0 Å². The Morgan fingerprint density at radius 1 is 1.19 bits per heavy atom. The molecule has 21 heavy (non-hydrogen) atoms. The number of nitrogens with zero attached hydrogens (tertiary/aromatic N) is 1. The molecule has 0 aliphatic carbocycles. The molecule has 0 saturated carbocycles. The summed E-state index contributed by atoms with van der Waals surface area (Å²) in [5.41, 5.74) is 9.52. The van der Waals surface area contributed by atoms with Crippen LogP contribution in [0.1, 0.15) is 18.9 Å². The lowest BCUT2D eigenvalue weighted by atomic mass is 10.1. The lowest BCUT2D eigenvalue weighted by Crippen LogP contribution is -2.31. The summed E-state index contributed by atoms with van der Waals surface area (Å²) in [7, 11) is 0. The van der Waals surface area contributed by atoms with E-state index in [1.165, 1.54) is 22.6 Å². The fourth-order valence-electron chi connectivity index (χ4n) is 2.92. The Labute approximate surface area is 131 Å². The molecule has 2 aromatic rings. The molecule has 1 aliphatic heterocycles. The monoisotopic (exact) mass is 298 g/mol. The molecular formula is C18H22N2S. The number of nitrogens with two attached hydrogens (primary N) is 1. The van der Waals surface area contributed by atoms with Crippen LogP contribution in [0.2, 0.25) is 0 Å². The molecule has 110 valence electrons. The first-order chi connectivity index (χ1) is 10.3. The number of nitrogen functional groups attached to an aromatic ring is 1. The van der Waals surface area contributed by atoms with Crippen LogP contribution in [0.25, 0.3) is 0 Å². The van der Waals surface area contributed by atoms with Gasteiger partial charge in [0, 0.05) is 34.6 Å². The summed E-state index contributed by atoms with van der Waals surface area (Å²) < 4.78 is 0. The second-order valence-electron chi connectivity index (χ2n) is 5.59. The van der Waals surface area contributed by atoms with Gasteiger partial charge < -0.3 is 10.6 Å². The molecule has 3 rings (SSSR count). The molecule has 0 bridgehead atoms. The Hall–Kier alpha value is -1.61. The van der Waals surface area contributed by atoms with E-state index in [2.05, 4.69) is 48.2 Å². The molecule has 2 nitrogen and oxygen atoms in total. The minimum atomic E-state index is 0.635. The van der Waals surface area contributed by atoms with Gasteiger partial charge in [-0.15, -0.1) is 11.8 Å². The maximum atomic E-state index is 5.94. The number of hydrogen-bond acceptors (Lipinski definition) is 3. The number of fused-ring (bicyclic) bond motifs is 1. The fraction of sp³-hybridized carbons (Fsp3) is 0.333. The molecule has 2 N–H and O–H groups in total. The van der Waals surface area contributed by atoms with Crippen molar-refractivity contribution < 1.29 is 0 Å². The Morgan fingerprint density at radius 2 is 2.05 bits per heavy atom. The normalized spacial score (nSPS) is 16.7. The van der Waals surface area contributed by atoms with E-state index in [0.29, 0.717) is 5.25 Å². The van der Waals surface area contributed by atoms with Crippen molar-refractivity contribution in [1.29, 1.82) is 0 Å². The molecule has 1 atom stereocenters. The summed E-state index contributed by atoms with van der Waals surface area (Å²) in [6.07, 6.45) is 2.32. The standard InChI is InChI=1S/C18H22N2S/c1-2-10-20(16-8-5-7-15(19)12-16)13-17-11-14-6-3-4-9-18(14)21-17/h3-9,12,17H,2,10-11,13,19H2,1H3. The summed E-state index contributed by atoms with van der Waals surface area (Å²) in [6.45, 7) is 4.39. The SMILES string of the molecule is CCCN(CC1Cc2ccccc2S1)c1cccc(N)c1. The Balaban J connectivity index is 1.72. The van der Waals surface area contributed by atoms with Gasteiger partial charge in [0.1, 0.15) is 0 Å². The summed E-state index contributed by atoms with van der Waals surface area (Å²) in [5.74, 6) is 0. The van der Waals surface area contributed by atoms with Gasteiger partial charge in [0.25, 0.3) is 0 Å². The third-order valence-electron chi connectivity index (χ3n) is 3.87. The van der Waals surface area contributed by atoms with E-state index in [-0.39, 0.29) is 0 Å². The van der Waals surface area contributed by atoms with Crippen LogP contribution in [0.3, 0.4) is 0 Å². The van der Waals surface area contributed by atoms with Crippen molar-refractivity contribution >= 4 is 23.1 Å². The van der Waals surface area contributed by atoms with E-state index in [1.54, 1.807) is 0 Å². The first kappa shape index (κ1) is 14.3. The average Bonchev–Trinajstić information content (AvgIpc) is 2.89. The molecule has 1 unspecified atom stereocenters. The zero-order valence-corrected chi connectivity index (χ0v) is 13.3. The molecule has 1 heterocycles. The molecular weight excluding hydrogens is 276 g/mol. The van der Waals surface area contributed by atoms with Crippen molar-refractivity contribution in [3.63, 3.8) is 0 Å². The average molecular weight is 298 g/mol. The number of thioether (sulfide) groups is 1. The highest BCUT2D eigenvalue weighted by molar-refractivity contribution is 8.00. The molecule has 0 saturated heterocycles. The quantitative estimate of drug-likeness (QED) is 0.839. The Kier molecular flexibility index (Phi) is 4.39. The molecule has 1 aliphatic rings. The van der Waals surface area contributed by atoms with E-state index >= 15 is 0 Å². The van der Waals surface area contributed by atoms with Crippen molar-refractivity contribution in [2.75, 3.05) is 23.7 Å². The van der Waals surface area contributed by atoms with Crippen molar-refractivity contribution in [3.05, 3.63) is 54.1 Å². The fourth-order valence-corrected chi connectivity index (χ4v) is 4.26. The summed E-state index contributed by atoms with van der Waals surface area (Å²) in [4.78, 5) is 3.92. The smallest absolute Gasteiger partial charge is 0.0387 e. The first-order valence-electron chi connectivity index (χ1n) is 7.61. The van der Waals surface area contributed by atoms with E-state index in [0.717, 1.165) is 25.2 Å². The van der Waals surface area contributed by atoms with Crippen LogP contribution in [0.5, 0.6) is 0 Å². The predicted molar refractivity (Wildman–Crippen MR) is 93.1 cm³/mol. The third-order valence-corrected chi connectivity index (χ3v) is 5.17. The van der Waals surface area contributed by atoms with Crippen molar-refractivity contribution in [2.45, 2.75) is 29.9 Å². The second-order valence-corrected chi connectivity index (χ2v) is 6.93. The van der Waals surface area contributed by atoms with E-state index in [9.17, 15) is 0 Å². The highest BCUT2D eigenvalue weighted by Gasteiger charge is 2.23. The van der Waals surface area contributed by atoms with Crippen LogP contribution in [0, 0.1) is 0 Å². The van der Waals surface area contributed by atoms with Gasteiger partial charge in [-0.3, -0.25) is 0 Å². The van der Waals surface area contributed by atoms with Crippen LogP contribution in [0.4, 0.5) is 11.4 Å². The number of rotatable bonds is 5. The summed E-state index contributed by atoms with van der Waals surface area (Å²) in [6, 6.07) is 17.0. The van der Waals surface area contributed by atoms with E-state index in [1.807, 2.05) is 23.9 Å². The minimum Gasteiger partial charge on any atom is -0.399 e. The highest BCUT2D eigenvalue weighted by Crippen LogP contribution is 2.37. The zero-order chi connectivity index (χ0) is 14.7.